The fraction of sp³-hybridized carbons (Fsp3) is 0.176. The van der Waals surface area contributed by atoms with E-state index in [0.717, 1.165) is 16.0 Å². The number of benzene rings is 2. The van der Waals surface area contributed by atoms with Crippen molar-refractivity contribution in [3.63, 3.8) is 0 Å². The molecule has 0 aliphatic rings. The molecule has 25 heavy (non-hydrogen) atoms. The first-order chi connectivity index (χ1) is 12.0. The maximum absolute atomic E-state index is 11.5. The highest BCUT2D eigenvalue weighted by Crippen LogP contribution is 2.36. The van der Waals surface area contributed by atoms with Crippen LogP contribution >= 0.6 is 11.3 Å². The van der Waals surface area contributed by atoms with E-state index in [-0.39, 0.29) is 23.7 Å². The molecule has 0 bridgehead atoms. The van der Waals surface area contributed by atoms with Crippen LogP contribution in [-0.4, -0.2) is 22.9 Å². The van der Waals surface area contributed by atoms with Crippen LogP contribution in [0.1, 0.15) is 13.3 Å². The second-order valence-electron chi connectivity index (χ2n) is 5.24. The van der Waals surface area contributed by atoms with E-state index in [2.05, 4.69) is 10.3 Å². The lowest BCUT2D eigenvalue weighted by Gasteiger charge is -2.05. The lowest BCUT2D eigenvalue weighted by Crippen LogP contribution is -2.11. The number of nitro benzene ring substituents is 1. The molecule has 1 heterocycles. The molecule has 128 valence electrons. The molecule has 0 aliphatic heterocycles. The predicted molar refractivity (Wildman–Crippen MR) is 97.2 cm³/mol. The number of anilines is 1. The number of rotatable bonds is 5. The molecule has 0 saturated carbocycles. The first kappa shape index (κ1) is 16.8. The molecular weight excluding hydrogens is 342 g/mol. The van der Waals surface area contributed by atoms with Crippen LogP contribution in [0.15, 0.2) is 36.4 Å². The number of aromatic nitrogens is 1. The van der Waals surface area contributed by atoms with Gasteiger partial charge in [0.25, 0.3) is 5.69 Å². The Kier molecular flexibility index (Phi) is 4.62. The van der Waals surface area contributed by atoms with Crippen molar-refractivity contribution in [1.82, 2.24) is 4.98 Å². The molecule has 0 saturated heterocycles. The zero-order chi connectivity index (χ0) is 18.0. The summed E-state index contributed by atoms with van der Waals surface area (Å²) in [6.07, 6.45) is 0.249. The number of carbonyl (C=O) groups is 1. The average molecular weight is 357 g/mol. The van der Waals surface area contributed by atoms with Crippen LogP contribution in [-0.2, 0) is 4.79 Å². The Bertz CT molecular complexity index is 968. The number of hydrogen-bond donors (Lipinski definition) is 1. The molecule has 0 aliphatic carbocycles. The molecule has 8 heteroatoms. The van der Waals surface area contributed by atoms with Crippen LogP contribution in [0.2, 0.25) is 0 Å². The Hall–Kier alpha value is -3.00. The van der Waals surface area contributed by atoms with Gasteiger partial charge in [-0.2, -0.15) is 0 Å². The minimum absolute atomic E-state index is 0.156. The highest BCUT2D eigenvalue weighted by molar-refractivity contribution is 7.21. The van der Waals surface area contributed by atoms with Crippen LogP contribution in [0, 0.1) is 10.1 Å². The highest BCUT2D eigenvalue weighted by Gasteiger charge is 2.18. The van der Waals surface area contributed by atoms with E-state index in [1.165, 1.54) is 23.5 Å². The highest BCUT2D eigenvalue weighted by atomic mass is 32.1. The first-order valence-electron chi connectivity index (χ1n) is 7.55. The fourth-order valence-electron chi connectivity index (χ4n) is 2.32. The largest absolute Gasteiger partial charge is 0.497 e. The topological polar surface area (TPSA) is 94.4 Å². The number of ether oxygens (including phenoxy) is 1. The van der Waals surface area contributed by atoms with Crippen molar-refractivity contribution in [2.45, 2.75) is 13.3 Å². The Balaban J connectivity index is 2.03. The molecule has 3 rings (SSSR count). The maximum Gasteiger partial charge on any atom is 0.293 e. The number of fused-ring (bicyclic) bond motifs is 1. The summed E-state index contributed by atoms with van der Waals surface area (Å²) in [5.74, 6) is 0.453. The summed E-state index contributed by atoms with van der Waals surface area (Å²) < 4.78 is 6.13. The van der Waals surface area contributed by atoms with Crippen molar-refractivity contribution in [3.8, 4) is 16.3 Å². The Morgan fingerprint density at radius 2 is 2.12 bits per heavy atom. The van der Waals surface area contributed by atoms with Crippen LogP contribution in [0.4, 0.5) is 11.4 Å². The van der Waals surface area contributed by atoms with Crippen LogP contribution in [0.3, 0.4) is 0 Å². The number of carbonyl (C=O) groups excluding carboxylic acids is 1. The minimum atomic E-state index is -0.509. The van der Waals surface area contributed by atoms with Gasteiger partial charge in [0, 0.05) is 18.1 Å². The summed E-state index contributed by atoms with van der Waals surface area (Å²) in [5.41, 5.74) is 1.45. The van der Waals surface area contributed by atoms with Gasteiger partial charge in [0.1, 0.15) is 16.4 Å². The SMILES string of the molecule is CCC(=O)Nc1ccc(-c2nc3ccc(OC)cc3s2)cc1[N+](=O)[O-]. The second kappa shape index (κ2) is 6.86. The molecule has 1 aromatic heterocycles. The standard InChI is InChI=1S/C17H15N3O4S/c1-3-16(21)18-12-6-4-10(8-14(12)20(22)23)17-19-13-7-5-11(24-2)9-15(13)25-17/h4-9H,3H2,1-2H3,(H,18,21). The van der Waals surface area contributed by atoms with Gasteiger partial charge in [-0.15, -0.1) is 11.3 Å². The van der Waals surface area contributed by atoms with Gasteiger partial charge >= 0.3 is 0 Å². The van der Waals surface area contributed by atoms with E-state index in [4.69, 9.17) is 4.74 Å². The number of nitrogens with one attached hydrogen (secondary N) is 1. The fourth-order valence-corrected chi connectivity index (χ4v) is 3.31. The van der Waals surface area contributed by atoms with E-state index in [0.29, 0.717) is 10.6 Å². The van der Waals surface area contributed by atoms with Gasteiger partial charge in [-0.1, -0.05) is 6.92 Å². The van der Waals surface area contributed by atoms with E-state index in [1.807, 2.05) is 18.2 Å². The normalized spacial score (nSPS) is 10.6. The number of nitrogens with zero attached hydrogens (tertiary/aromatic N) is 2. The van der Waals surface area contributed by atoms with Gasteiger partial charge in [-0.25, -0.2) is 4.98 Å². The molecule has 0 spiro atoms. The lowest BCUT2D eigenvalue weighted by molar-refractivity contribution is -0.383. The molecule has 1 N–H and O–H groups in total. The van der Waals surface area contributed by atoms with Crippen molar-refractivity contribution < 1.29 is 14.5 Å². The molecule has 3 aromatic rings. The maximum atomic E-state index is 11.5. The molecule has 7 nitrogen and oxygen atoms in total. The average Bonchev–Trinajstić information content (AvgIpc) is 3.04. The van der Waals surface area contributed by atoms with Crippen LogP contribution in [0.25, 0.3) is 20.8 Å². The molecule has 0 radical (unpaired) electrons. The second-order valence-corrected chi connectivity index (χ2v) is 6.27. The van der Waals surface area contributed by atoms with Crippen molar-refractivity contribution in [3.05, 3.63) is 46.5 Å². The molecule has 0 unspecified atom stereocenters. The van der Waals surface area contributed by atoms with Gasteiger partial charge < -0.3 is 10.1 Å². The smallest absolute Gasteiger partial charge is 0.293 e. The van der Waals surface area contributed by atoms with Gasteiger partial charge in [0.05, 0.1) is 22.2 Å². The number of hydrogen-bond acceptors (Lipinski definition) is 6. The van der Waals surface area contributed by atoms with Gasteiger partial charge in [0.2, 0.25) is 5.91 Å². The first-order valence-corrected chi connectivity index (χ1v) is 8.36. The van der Waals surface area contributed by atoms with Crippen LogP contribution in [0.5, 0.6) is 5.75 Å². The Morgan fingerprint density at radius 1 is 1.32 bits per heavy atom. The Morgan fingerprint density at radius 3 is 2.80 bits per heavy atom. The van der Waals surface area contributed by atoms with Gasteiger partial charge in [-0.3, -0.25) is 14.9 Å². The summed E-state index contributed by atoms with van der Waals surface area (Å²) in [6, 6.07) is 10.2. The molecule has 2 aromatic carbocycles. The quantitative estimate of drug-likeness (QED) is 0.545. The van der Waals surface area contributed by atoms with Crippen molar-refractivity contribution in [2.75, 3.05) is 12.4 Å². The summed E-state index contributed by atoms with van der Waals surface area (Å²) in [7, 11) is 1.59. The third-order valence-electron chi connectivity index (χ3n) is 3.63. The molecule has 0 fully saturated rings. The predicted octanol–water partition coefficient (Wildman–Crippen LogP) is 4.23. The Labute approximate surface area is 147 Å². The van der Waals surface area contributed by atoms with Crippen molar-refractivity contribution in [1.29, 1.82) is 0 Å². The summed E-state index contributed by atoms with van der Waals surface area (Å²) in [6.45, 7) is 1.69. The summed E-state index contributed by atoms with van der Waals surface area (Å²) in [5, 5.41) is 14.6. The van der Waals surface area contributed by atoms with Crippen LogP contribution < -0.4 is 10.1 Å². The zero-order valence-corrected chi connectivity index (χ0v) is 14.4. The summed E-state index contributed by atoms with van der Waals surface area (Å²) >= 11 is 1.42. The zero-order valence-electron chi connectivity index (χ0n) is 13.6. The molecule has 0 atom stereocenters. The minimum Gasteiger partial charge on any atom is -0.497 e. The van der Waals surface area contributed by atoms with Gasteiger partial charge in [-0.05, 0) is 30.3 Å². The van der Waals surface area contributed by atoms with Crippen molar-refractivity contribution >= 4 is 38.8 Å². The lowest BCUT2D eigenvalue weighted by atomic mass is 10.1. The monoisotopic (exact) mass is 357 g/mol. The van der Waals surface area contributed by atoms with E-state index in [9.17, 15) is 14.9 Å². The third kappa shape index (κ3) is 3.43. The van der Waals surface area contributed by atoms with Gasteiger partial charge in [0.15, 0.2) is 0 Å². The molecular formula is C17H15N3O4S. The van der Waals surface area contributed by atoms with Crippen molar-refractivity contribution in [2.24, 2.45) is 0 Å². The molecule has 1 amide bonds. The van der Waals surface area contributed by atoms with E-state index >= 15 is 0 Å². The van der Waals surface area contributed by atoms with E-state index in [1.54, 1.807) is 20.1 Å². The number of amides is 1. The number of methoxy groups -OCH3 is 1. The van der Waals surface area contributed by atoms with E-state index < -0.39 is 4.92 Å². The number of nitro groups is 1. The summed E-state index contributed by atoms with van der Waals surface area (Å²) in [4.78, 5) is 26.9. The number of thiazole rings is 1. The third-order valence-corrected chi connectivity index (χ3v) is 4.70.